The van der Waals surface area contributed by atoms with Gasteiger partial charge in [0.15, 0.2) is 0 Å². The molecule has 0 rings (SSSR count). The highest BCUT2D eigenvalue weighted by Crippen LogP contribution is 1.91. The Bertz CT molecular complexity index is 139. The minimum atomic E-state index is 0.253. The van der Waals surface area contributed by atoms with Crippen molar-refractivity contribution in [2.75, 3.05) is 19.7 Å². The number of unbranched alkanes of at least 4 members (excludes halogenated alkanes) is 2. The van der Waals surface area contributed by atoms with E-state index in [1.807, 2.05) is 0 Å². The lowest BCUT2D eigenvalue weighted by Gasteiger charge is -2.02. The van der Waals surface area contributed by atoms with E-state index in [2.05, 4.69) is 10.5 Å². The number of aliphatic hydroxyl groups is 1. The van der Waals surface area contributed by atoms with E-state index in [0.717, 1.165) is 32.4 Å². The topological polar surface area (TPSA) is 90.9 Å². The number of hydrogen-bond donors (Lipinski definition) is 4. The fraction of sp³-hybridized carbons (Fsp3) is 0.875. The second kappa shape index (κ2) is 9.28. The van der Waals surface area contributed by atoms with Crippen molar-refractivity contribution in [3.63, 3.8) is 0 Å². The third kappa shape index (κ3) is 9.10. The van der Waals surface area contributed by atoms with Gasteiger partial charge in [-0.25, -0.2) is 0 Å². The highest BCUT2D eigenvalue weighted by atomic mass is 16.4. The second-order valence-electron chi connectivity index (χ2n) is 2.88. The molecule has 0 radical (unpaired) electrons. The molecule has 5 nitrogen and oxygen atoms in total. The number of nitrogens with one attached hydrogen (secondary N) is 1. The molecule has 0 aromatic rings. The van der Waals surface area contributed by atoms with Crippen LogP contribution in [0.5, 0.6) is 0 Å². The third-order valence-corrected chi connectivity index (χ3v) is 1.70. The van der Waals surface area contributed by atoms with Crippen molar-refractivity contribution >= 4 is 5.84 Å². The van der Waals surface area contributed by atoms with Crippen LogP contribution in [0.3, 0.4) is 0 Å². The lowest BCUT2D eigenvalue weighted by molar-refractivity contribution is 0.283. The summed E-state index contributed by atoms with van der Waals surface area (Å²) in [5.74, 6) is 0.253. The van der Waals surface area contributed by atoms with E-state index >= 15 is 0 Å². The number of amidine groups is 1. The van der Waals surface area contributed by atoms with Crippen molar-refractivity contribution in [1.82, 2.24) is 5.32 Å². The van der Waals surface area contributed by atoms with Gasteiger partial charge in [0.2, 0.25) is 0 Å². The summed E-state index contributed by atoms with van der Waals surface area (Å²) in [6.07, 6.45) is 3.52. The summed E-state index contributed by atoms with van der Waals surface area (Å²) in [7, 11) is 0. The van der Waals surface area contributed by atoms with Crippen LogP contribution in [-0.2, 0) is 0 Å². The van der Waals surface area contributed by atoms with E-state index in [1.54, 1.807) is 0 Å². The van der Waals surface area contributed by atoms with Gasteiger partial charge in [-0.05, 0) is 25.8 Å². The first-order valence-corrected chi connectivity index (χ1v) is 4.59. The number of nitrogens with zero attached hydrogens (tertiary/aromatic N) is 1. The SMILES string of the molecule is NC(CCNCCCCCO)=NO. The minimum absolute atomic E-state index is 0.253. The predicted molar refractivity (Wildman–Crippen MR) is 51.8 cm³/mol. The predicted octanol–water partition coefficient (Wildman–Crippen LogP) is -0.125. The molecule has 0 atom stereocenters. The van der Waals surface area contributed by atoms with Crippen molar-refractivity contribution < 1.29 is 10.3 Å². The maximum atomic E-state index is 8.49. The summed E-state index contributed by atoms with van der Waals surface area (Å²) < 4.78 is 0. The molecule has 0 aliphatic carbocycles. The monoisotopic (exact) mass is 189 g/mol. The third-order valence-electron chi connectivity index (χ3n) is 1.70. The molecular weight excluding hydrogens is 170 g/mol. The molecule has 0 fully saturated rings. The van der Waals surface area contributed by atoms with E-state index in [4.69, 9.17) is 16.0 Å². The molecule has 0 aliphatic heterocycles. The van der Waals surface area contributed by atoms with Gasteiger partial charge in [0, 0.05) is 19.6 Å². The van der Waals surface area contributed by atoms with Crippen LogP contribution in [0.4, 0.5) is 0 Å². The molecule has 0 heterocycles. The number of aliphatic hydroxyl groups excluding tert-OH is 1. The summed E-state index contributed by atoms with van der Waals surface area (Å²) in [5, 5.41) is 22.7. The Hall–Kier alpha value is -0.810. The number of nitrogens with two attached hydrogens (primary N) is 1. The molecule has 0 aromatic heterocycles. The summed E-state index contributed by atoms with van der Waals surface area (Å²) >= 11 is 0. The maximum absolute atomic E-state index is 8.49. The van der Waals surface area contributed by atoms with Crippen LogP contribution in [-0.4, -0.2) is 35.8 Å². The molecule has 5 heteroatoms. The van der Waals surface area contributed by atoms with Crippen molar-refractivity contribution in [1.29, 1.82) is 0 Å². The fourth-order valence-corrected chi connectivity index (χ4v) is 0.930. The number of oxime groups is 1. The van der Waals surface area contributed by atoms with Crippen LogP contribution in [0, 0.1) is 0 Å². The fourth-order valence-electron chi connectivity index (χ4n) is 0.930. The van der Waals surface area contributed by atoms with Gasteiger partial charge >= 0.3 is 0 Å². The van der Waals surface area contributed by atoms with Gasteiger partial charge in [-0.2, -0.15) is 0 Å². The first-order chi connectivity index (χ1) is 6.31. The molecule has 0 aliphatic rings. The molecule has 0 bridgehead atoms. The van der Waals surface area contributed by atoms with Crippen LogP contribution < -0.4 is 11.1 Å². The van der Waals surface area contributed by atoms with Gasteiger partial charge in [-0.3, -0.25) is 0 Å². The zero-order valence-corrected chi connectivity index (χ0v) is 7.87. The average molecular weight is 189 g/mol. The Morgan fingerprint density at radius 3 is 2.62 bits per heavy atom. The Morgan fingerprint density at radius 2 is 2.00 bits per heavy atom. The number of rotatable bonds is 8. The standard InChI is InChI=1S/C8H19N3O2/c9-8(11-13)4-6-10-5-2-1-3-7-12/h10,12-13H,1-7H2,(H2,9,11). The van der Waals surface area contributed by atoms with E-state index in [0.29, 0.717) is 6.42 Å². The summed E-state index contributed by atoms with van der Waals surface area (Å²) in [6, 6.07) is 0. The molecule has 0 unspecified atom stereocenters. The first-order valence-electron chi connectivity index (χ1n) is 4.59. The lowest BCUT2D eigenvalue weighted by Crippen LogP contribution is -2.23. The Labute approximate surface area is 78.6 Å². The molecule has 0 spiro atoms. The zero-order valence-electron chi connectivity index (χ0n) is 7.87. The second-order valence-corrected chi connectivity index (χ2v) is 2.88. The first kappa shape index (κ1) is 12.2. The van der Waals surface area contributed by atoms with Crippen LogP contribution in [0.25, 0.3) is 0 Å². The quantitative estimate of drug-likeness (QED) is 0.141. The van der Waals surface area contributed by atoms with Gasteiger partial charge in [0.25, 0.3) is 0 Å². The largest absolute Gasteiger partial charge is 0.409 e. The van der Waals surface area contributed by atoms with E-state index in [9.17, 15) is 0 Å². The lowest BCUT2D eigenvalue weighted by atomic mass is 10.2. The Morgan fingerprint density at radius 1 is 1.23 bits per heavy atom. The van der Waals surface area contributed by atoms with Crippen LogP contribution in [0.15, 0.2) is 5.16 Å². The molecule has 78 valence electrons. The summed E-state index contributed by atoms with van der Waals surface area (Å²) in [5.41, 5.74) is 5.26. The van der Waals surface area contributed by atoms with E-state index in [1.165, 1.54) is 0 Å². The van der Waals surface area contributed by atoms with Gasteiger partial charge < -0.3 is 21.4 Å². The molecular formula is C8H19N3O2. The van der Waals surface area contributed by atoms with Crippen LogP contribution in [0.2, 0.25) is 0 Å². The smallest absolute Gasteiger partial charge is 0.140 e. The molecule has 0 saturated heterocycles. The van der Waals surface area contributed by atoms with Crippen LogP contribution in [0.1, 0.15) is 25.7 Å². The van der Waals surface area contributed by atoms with Gasteiger partial charge in [-0.1, -0.05) is 5.16 Å². The molecule has 0 saturated carbocycles. The van der Waals surface area contributed by atoms with Crippen molar-refractivity contribution in [3.05, 3.63) is 0 Å². The number of hydrogen-bond acceptors (Lipinski definition) is 4. The average Bonchev–Trinajstić information content (AvgIpc) is 2.16. The Balaban J connectivity index is 3.00. The normalized spacial score (nSPS) is 11.9. The van der Waals surface area contributed by atoms with E-state index in [-0.39, 0.29) is 12.4 Å². The highest BCUT2D eigenvalue weighted by molar-refractivity contribution is 5.79. The molecule has 13 heavy (non-hydrogen) atoms. The molecule has 0 amide bonds. The molecule has 0 aromatic carbocycles. The summed E-state index contributed by atoms with van der Waals surface area (Å²) in [4.78, 5) is 0. The van der Waals surface area contributed by atoms with Crippen molar-refractivity contribution in [2.24, 2.45) is 10.9 Å². The van der Waals surface area contributed by atoms with Gasteiger partial charge in [0.1, 0.15) is 5.84 Å². The zero-order chi connectivity index (χ0) is 9.94. The van der Waals surface area contributed by atoms with Crippen molar-refractivity contribution in [3.8, 4) is 0 Å². The minimum Gasteiger partial charge on any atom is -0.409 e. The van der Waals surface area contributed by atoms with Crippen LogP contribution >= 0.6 is 0 Å². The highest BCUT2D eigenvalue weighted by Gasteiger charge is 1.92. The maximum Gasteiger partial charge on any atom is 0.140 e. The Kier molecular flexibility index (Phi) is 8.70. The van der Waals surface area contributed by atoms with Gasteiger partial charge in [0.05, 0.1) is 0 Å². The molecule has 5 N–H and O–H groups in total. The van der Waals surface area contributed by atoms with Crippen molar-refractivity contribution in [2.45, 2.75) is 25.7 Å². The summed E-state index contributed by atoms with van der Waals surface area (Å²) in [6.45, 7) is 1.91. The van der Waals surface area contributed by atoms with E-state index < -0.39 is 0 Å². The van der Waals surface area contributed by atoms with Gasteiger partial charge in [-0.15, -0.1) is 0 Å².